The lowest BCUT2D eigenvalue weighted by molar-refractivity contribution is -0.170. The molecule has 0 saturated heterocycles. The van der Waals surface area contributed by atoms with Gasteiger partial charge in [-0.05, 0) is 31.2 Å². The van der Waals surface area contributed by atoms with Crippen LogP contribution < -0.4 is 0 Å². The number of rotatable bonds is 1. The minimum absolute atomic E-state index is 0.150. The van der Waals surface area contributed by atoms with Crippen LogP contribution in [0.25, 0.3) is 0 Å². The summed E-state index contributed by atoms with van der Waals surface area (Å²) in [4.78, 5) is 24.5. The van der Waals surface area contributed by atoms with E-state index in [1.165, 1.54) is 13.2 Å². The molecular weight excluding hydrogens is 284 g/mol. The van der Waals surface area contributed by atoms with Gasteiger partial charge in [-0.3, -0.25) is 9.59 Å². The highest BCUT2D eigenvalue weighted by atomic mass is 16.5. The highest BCUT2D eigenvalue weighted by molar-refractivity contribution is 5.99. The molecule has 0 aromatic carbocycles. The topological polar surface area (TPSA) is 76.7 Å². The molecule has 2 aliphatic rings. The lowest BCUT2D eigenvalue weighted by atomic mass is 9.53. The fraction of sp³-hybridized carbons (Fsp3) is 0.647. The van der Waals surface area contributed by atoms with Gasteiger partial charge in [0.15, 0.2) is 5.76 Å². The summed E-state index contributed by atoms with van der Waals surface area (Å²) in [6.07, 6.45) is 1.61. The van der Waals surface area contributed by atoms with Crippen molar-refractivity contribution in [3.05, 3.63) is 23.2 Å². The van der Waals surface area contributed by atoms with Crippen LogP contribution in [0.15, 0.2) is 10.7 Å². The number of Topliss-reactive ketones (excluding diaryl/α,β-unsaturated/α-hetero) is 1. The molecule has 1 aromatic rings. The summed E-state index contributed by atoms with van der Waals surface area (Å²) in [6.45, 7) is 7.22. The molecule has 1 saturated carbocycles. The van der Waals surface area contributed by atoms with Gasteiger partial charge < -0.3 is 14.3 Å². The van der Waals surface area contributed by atoms with Gasteiger partial charge in [-0.1, -0.05) is 13.8 Å². The molecule has 5 heteroatoms. The number of aryl methyl sites for hydroxylation is 1. The maximum Gasteiger partial charge on any atom is 0.303 e. The molecule has 3 rings (SSSR count). The van der Waals surface area contributed by atoms with Crippen molar-refractivity contribution in [2.75, 3.05) is 0 Å². The third kappa shape index (κ3) is 1.88. The van der Waals surface area contributed by atoms with Crippen molar-refractivity contribution in [3.8, 4) is 0 Å². The maximum atomic E-state index is 12.9. The molecule has 0 aliphatic heterocycles. The predicted octanol–water partition coefficient (Wildman–Crippen LogP) is 2.80. The van der Waals surface area contributed by atoms with Crippen LogP contribution in [-0.2, 0) is 9.53 Å². The van der Waals surface area contributed by atoms with E-state index < -0.39 is 29.5 Å². The van der Waals surface area contributed by atoms with Gasteiger partial charge in [0, 0.05) is 17.9 Å². The fourth-order valence-corrected chi connectivity index (χ4v) is 4.27. The molecule has 5 nitrogen and oxygen atoms in total. The Bertz CT molecular complexity index is 631. The van der Waals surface area contributed by atoms with Crippen molar-refractivity contribution in [2.45, 2.75) is 52.7 Å². The molecule has 5 unspecified atom stereocenters. The van der Waals surface area contributed by atoms with E-state index in [-0.39, 0.29) is 17.5 Å². The molecule has 2 aliphatic carbocycles. The molecule has 0 spiro atoms. The van der Waals surface area contributed by atoms with E-state index in [1.807, 2.05) is 13.8 Å². The number of fused-ring (bicyclic) bond motifs is 2. The first-order valence-corrected chi connectivity index (χ1v) is 7.76. The van der Waals surface area contributed by atoms with Crippen molar-refractivity contribution in [1.82, 2.24) is 0 Å². The van der Waals surface area contributed by atoms with Crippen LogP contribution in [0.2, 0.25) is 0 Å². The first-order valence-electron chi connectivity index (χ1n) is 7.76. The Hall–Kier alpha value is -1.62. The fourth-order valence-electron chi connectivity index (χ4n) is 4.27. The molecule has 120 valence electrons. The molecule has 22 heavy (non-hydrogen) atoms. The van der Waals surface area contributed by atoms with E-state index in [0.717, 1.165) is 12.0 Å². The lowest BCUT2D eigenvalue weighted by Crippen LogP contribution is -2.55. The number of hydrogen-bond acceptors (Lipinski definition) is 5. The molecular formula is C17H22O5. The van der Waals surface area contributed by atoms with Gasteiger partial charge in [0.05, 0.1) is 18.3 Å². The summed E-state index contributed by atoms with van der Waals surface area (Å²) in [5.74, 6) is -0.777. The van der Waals surface area contributed by atoms with Crippen molar-refractivity contribution >= 4 is 11.8 Å². The summed E-state index contributed by atoms with van der Waals surface area (Å²) >= 11 is 0. The van der Waals surface area contributed by atoms with Crippen molar-refractivity contribution in [2.24, 2.45) is 17.3 Å². The van der Waals surface area contributed by atoms with E-state index >= 15 is 0 Å². The highest BCUT2D eigenvalue weighted by Gasteiger charge is 2.60. The predicted molar refractivity (Wildman–Crippen MR) is 78.3 cm³/mol. The second-order valence-electron chi connectivity index (χ2n) is 6.90. The van der Waals surface area contributed by atoms with Crippen molar-refractivity contribution < 1.29 is 23.8 Å². The Kier molecular flexibility index (Phi) is 3.44. The lowest BCUT2D eigenvalue weighted by Gasteiger charge is -2.53. The van der Waals surface area contributed by atoms with Crippen LogP contribution in [0.3, 0.4) is 0 Å². The van der Waals surface area contributed by atoms with E-state index in [0.29, 0.717) is 12.0 Å². The number of esters is 1. The zero-order valence-electron chi connectivity index (χ0n) is 13.4. The quantitative estimate of drug-likeness (QED) is 0.807. The standard InChI is InChI=1S/C17H22O5/c1-8-7-21-15-12(8)16(22-10(3)18)17(4)9(2)5-6-11(19)13(17)14(15)20/h7,9,11,13,16,19H,5-6H2,1-4H3. The van der Waals surface area contributed by atoms with Crippen LogP contribution in [0.4, 0.5) is 0 Å². The van der Waals surface area contributed by atoms with Crippen molar-refractivity contribution in [3.63, 3.8) is 0 Å². The zero-order valence-corrected chi connectivity index (χ0v) is 13.4. The van der Waals surface area contributed by atoms with E-state index in [2.05, 4.69) is 6.92 Å². The Balaban J connectivity index is 2.23. The number of aliphatic hydroxyl groups is 1. The SMILES string of the molecule is CC(=O)OC1c2c(C)coc2C(=O)C2C(O)CCC(C)C12C. The number of hydrogen-bond donors (Lipinski definition) is 1. The van der Waals surface area contributed by atoms with Crippen LogP contribution >= 0.6 is 0 Å². The van der Waals surface area contributed by atoms with E-state index in [1.54, 1.807) is 0 Å². The minimum atomic E-state index is -0.731. The van der Waals surface area contributed by atoms with Crippen LogP contribution in [0.1, 0.15) is 61.4 Å². The second-order valence-corrected chi connectivity index (χ2v) is 6.90. The second kappa shape index (κ2) is 4.95. The minimum Gasteiger partial charge on any atom is -0.460 e. The number of carbonyl (C=O) groups excluding carboxylic acids is 2. The Morgan fingerprint density at radius 3 is 2.77 bits per heavy atom. The number of furan rings is 1. The zero-order chi connectivity index (χ0) is 16.2. The van der Waals surface area contributed by atoms with Gasteiger partial charge in [-0.2, -0.15) is 0 Å². The molecule has 1 fully saturated rings. The highest BCUT2D eigenvalue weighted by Crippen LogP contribution is 2.59. The summed E-state index contributed by atoms with van der Waals surface area (Å²) < 4.78 is 11.1. The van der Waals surface area contributed by atoms with E-state index in [9.17, 15) is 14.7 Å². The van der Waals surface area contributed by atoms with Gasteiger partial charge in [-0.15, -0.1) is 0 Å². The van der Waals surface area contributed by atoms with Gasteiger partial charge >= 0.3 is 5.97 Å². The summed E-state index contributed by atoms with van der Waals surface area (Å²) in [5, 5.41) is 10.4. The summed E-state index contributed by atoms with van der Waals surface area (Å²) in [7, 11) is 0. The monoisotopic (exact) mass is 306 g/mol. The number of ether oxygens (including phenoxy) is 1. The first kappa shape index (κ1) is 15.3. The molecule has 1 N–H and O–H groups in total. The number of ketones is 1. The molecule has 1 heterocycles. The normalized spacial score (nSPS) is 37.4. The van der Waals surface area contributed by atoms with Gasteiger partial charge in [0.1, 0.15) is 6.10 Å². The van der Waals surface area contributed by atoms with Gasteiger partial charge in [-0.25, -0.2) is 0 Å². The van der Waals surface area contributed by atoms with E-state index in [4.69, 9.17) is 9.15 Å². The number of aliphatic hydroxyl groups excluding tert-OH is 1. The smallest absolute Gasteiger partial charge is 0.303 e. The molecule has 0 radical (unpaired) electrons. The van der Waals surface area contributed by atoms with Crippen LogP contribution in [0.5, 0.6) is 0 Å². The Morgan fingerprint density at radius 1 is 1.45 bits per heavy atom. The third-order valence-electron chi connectivity index (χ3n) is 5.65. The van der Waals surface area contributed by atoms with Crippen LogP contribution in [0, 0.1) is 24.2 Å². The molecule has 1 aromatic heterocycles. The van der Waals surface area contributed by atoms with Gasteiger partial charge in [0.25, 0.3) is 0 Å². The largest absolute Gasteiger partial charge is 0.460 e. The number of carbonyl (C=O) groups is 2. The van der Waals surface area contributed by atoms with Gasteiger partial charge in [0.2, 0.25) is 5.78 Å². The Labute approximate surface area is 129 Å². The summed E-state index contributed by atoms with van der Waals surface area (Å²) in [5.41, 5.74) is 0.851. The average Bonchev–Trinajstić information content (AvgIpc) is 2.81. The third-order valence-corrected chi connectivity index (χ3v) is 5.65. The van der Waals surface area contributed by atoms with Crippen LogP contribution in [-0.4, -0.2) is 23.0 Å². The molecule has 0 amide bonds. The molecule has 5 atom stereocenters. The first-order chi connectivity index (χ1) is 10.3. The Morgan fingerprint density at radius 2 is 2.14 bits per heavy atom. The maximum absolute atomic E-state index is 12.9. The van der Waals surface area contributed by atoms with Crippen molar-refractivity contribution in [1.29, 1.82) is 0 Å². The average molecular weight is 306 g/mol. The summed E-state index contributed by atoms with van der Waals surface area (Å²) in [6, 6.07) is 0. The molecule has 0 bridgehead atoms.